The average Bonchev–Trinajstić information content (AvgIpc) is 2.44. The molecule has 0 spiro atoms. The predicted molar refractivity (Wildman–Crippen MR) is 87.5 cm³/mol. The number of thioether (sulfide) groups is 1. The minimum atomic E-state index is -0.429. The van der Waals surface area contributed by atoms with Crippen LogP contribution in [0.15, 0.2) is 36.5 Å². The summed E-state index contributed by atoms with van der Waals surface area (Å²) >= 11 is 19.1. The fourth-order valence-electron chi connectivity index (χ4n) is 1.49. The van der Waals surface area contributed by atoms with E-state index in [4.69, 9.17) is 39.5 Å². The molecular weight excluding hydrogens is 353 g/mol. The number of benzene rings is 1. The molecule has 0 bridgehead atoms. The molecule has 0 fully saturated rings. The van der Waals surface area contributed by atoms with Gasteiger partial charge in [0.05, 0.1) is 21.5 Å². The van der Waals surface area contributed by atoms with Crippen LogP contribution in [-0.2, 0) is 10.5 Å². The summed E-state index contributed by atoms with van der Waals surface area (Å²) in [6.07, 6.45) is 1.71. The van der Waals surface area contributed by atoms with Gasteiger partial charge in [0, 0.05) is 17.0 Å². The van der Waals surface area contributed by atoms with Crippen molar-refractivity contribution in [2.45, 2.75) is 5.75 Å². The highest BCUT2D eigenvalue weighted by atomic mass is 35.5. The van der Waals surface area contributed by atoms with Crippen LogP contribution < -0.4 is 4.74 Å². The van der Waals surface area contributed by atoms with Gasteiger partial charge in [-0.2, -0.15) is 0 Å². The summed E-state index contributed by atoms with van der Waals surface area (Å²) < 4.78 is 5.17. The third kappa shape index (κ3) is 5.08. The van der Waals surface area contributed by atoms with E-state index in [9.17, 15) is 4.79 Å². The quantitative estimate of drug-likeness (QED) is 0.561. The zero-order valence-corrected chi connectivity index (χ0v) is 13.8. The van der Waals surface area contributed by atoms with E-state index in [-0.39, 0.29) is 21.5 Å². The average molecular weight is 363 g/mol. The summed E-state index contributed by atoms with van der Waals surface area (Å²) in [4.78, 5) is 15.9. The molecule has 1 heterocycles. The van der Waals surface area contributed by atoms with Crippen LogP contribution in [0.5, 0.6) is 5.75 Å². The van der Waals surface area contributed by atoms with Gasteiger partial charge >= 0.3 is 5.97 Å². The van der Waals surface area contributed by atoms with Crippen molar-refractivity contribution in [3.63, 3.8) is 0 Å². The highest BCUT2D eigenvalue weighted by Crippen LogP contribution is 2.36. The monoisotopic (exact) mass is 361 g/mol. The molecule has 0 aliphatic carbocycles. The molecule has 0 radical (unpaired) electrons. The van der Waals surface area contributed by atoms with E-state index in [1.807, 2.05) is 18.2 Å². The Morgan fingerprint density at radius 2 is 1.90 bits per heavy atom. The van der Waals surface area contributed by atoms with Gasteiger partial charge in [0.1, 0.15) is 0 Å². The van der Waals surface area contributed by atoms with E-state index >= 15 is 0 Å². The number of esters is 1. The largest absolute Gasteiger partial charge is 0.423 e. The topological polar surface area (TPSA) is 39.2 Å². The van der Waals surface area contributed by atoms with E-state index < -0.39 is 5.97 Å². The fourth-order valence-corrected chi connectivity index (χ4v) is 3.09. The molecule has 0 atom stereocenters. The molecule has 0 unspecified atom stereocenters. The fraction of sp³-hybridized carbons (Fsp3) is 0.143. The second-order valence-electron chi connectivity index (χ2n) is 3.99. The summed E-state index contributed by atoms with van der Waals surface area (Å²) in [7, 11) is 0. The molecule has 2 rings (SSSR count). The number of aromatic nitrogens is 1. The lowest BCUT2D eigenvalue weighted by atomic mass is 10.3. The second kappa shape index (κ2) is 7.90. The summed E-state index contributed by atoms with van der Waals surface area (Å²) in [6.45, 7) is 0. The lowest BCUT2D eigenvalue weighted by Gasteiger charge is -2.08. The third-order valence-corrected chi connectivity index (χ3v) is 4.09. The summed E-state index contributed by atoms with van der Waals surface area (Å²) in [5.41, 5.74) is 0.901. The maximum absolute atomic E-state index is 11.8. The van der Waals surface area contributed by atoms with Gasteiger partial charge in [0.2, 0.25) is 0 Å². The van der Waals surface area contributed by atoms with Crippen molar-refractivity contribution in [2.24, 2.45) is 0 Å². The summed E-state index contributed by atoms with van der Waals surface area (Å²) in [5.74, 6) is 0.498. The van der Waals surface area contributed by atoms with Crippen molar-refractivity contribution in [1.29, 1.82) is 0 Å². The standard InChI is InChI=1S/C14H10Cl3NO2S/c15-9-5-11(16)14(12(17)6-9)20-13(19)8-21-7-10-3-1-2-4-18-10/h1-6H,7-8H2. The molecule has 0 aliphatic rings. The SMILES string of the molecule is O=C(CSCc1ccccn1)Oc1c(Cl)cc(Cl)cc1Cl. The van der Waals surface area contributed by atoms with E-state index in [0.717, 1.165) is 5.69 Å². The number of carbonyl (C=O) groups is 1. The minimum Gasteiger partial charge on any atom is -0.423 e. The van der Waals surface area contributed by atoms with Crippen LogP contribution in [0.1, 0.15) is 5.69 Å². The van der Waals surface area contributed by atoms with Crippen LogP contribution in [0.25, 0.3) is 0 Å². The first kappa shape index (κ1) is 16.4. The van der Waals surface area contributed by atoms with Gasteiger partial charge in [-0.1, -0.05) is 40.9 Å². The molecule has 110 valence electrons. The van der Waals surface area contributed by atoms with Gasteiger partial charge in [-0.15, -0.1) is 11.8 Å². The van der Waals surface area contributed by atoms with E-state index in [2.05, 4.69) is 4.98 Å². The number of hydrogen-bond acceptors (Lipinski definition) is 4. The Bertz CT molecular complexity index is 614. The first-order valence-electron chi connectivity index (χ1n) is 5.89. The minimum absolute atomic E-state index is 0.131. The van der Waals surface area contributed by atoms with Crippen molar-refractivity contribution in [2.75, 3.05) is 5.75 Å². The Balaban J connectivity index is 1.88. The van der Waals surface area contributed by atoms with Crippen LogP contribution in [0.4, 0.5) is 0 Å². The van der Waals surface area contributed by atoms with Gasteiger partial charge in [0.25, 0.3) is 0 Å². The second-order valence-corrected chi connectivity index (χ2v) is 6.22. The highest BCUT2D eigenvalue weighted by Gasteiger charge is 2.13. The maximum atomic E-state index is 11.8. The zero-order valence-electron chi connectivity index (χ0n) is 10.7. The number of hydrogen-bond donors (Lipinski definition) is 0. The van der Waals surface area contributed by atoms with Crippen LogP contribution in [0.2, 0.25) is 15.1 Å². The summed E-state index contributed by atoms with van der Waals surface area (Å²) in [6, 6.07) is 8.57. The van der Waals surface area contributed by atoms with Gasteiger partial charge in [-0.25, -0.2) is 0 Å². The number of halogens is 3. The summed E-state index contributed by atoms with van der Waals surface area (Å²) in [5, 5.41) is 0.792. The van der Waals surface area contributed by atoms with E-state index in [0.29, 0.717) is 10.8 Å². The lowest BCUT2D eigenvalue weighted by Crippen LogP contribution is -2.11. The van der Waals surface area contributed by atoms with Crippen molar-refractivity contribution in [3.05, 3.63) is 57.3 Å². The molecule has 7 heteroatoms. The van der Waals surface area contributed by atoms with Gasteiger partial charge in [0.15, 0.2) is 5.75 Å². The Kier molecular flexibility index (Phi) is 6.18. The maximum Gasteiger partial charge on any atom is 0.321 e. The Labute approximate surface area is 141 Å². The van der Waals surface area contributed by atoms with Crippen molar-refractivity contribution in [1.82, 2.24) is 4.98 Å². The first-order valence-corrected chi connectivity index (χ1v) is 8.18. The van der Waals surface area contributed by atoms with Crippen LogP contribution in [0, 0.1) is 0 Å². The third-order valence-electron chi connectivity index (χ3n) is 2.37. The molecule has 21 heavy (non-hydrogen) atoms. The molecule has 3 nitrogen and oxygen atoms in total. The normalized spacial score (nSPS) is 10.4. The predicted octanol–water partition coefficient (Wildman–Crippen LogP) is 4.88. The van der Waals surface area contributed by atoms with Gasteiger partial charge in [-0.3, -0.25) is 9.78 Å². The Morgan fingerprint density at radius 3 is 2.52 bits per heavy atom. The van der Waals surface area contributed by atoms with Gasteiger partial charge < -0.3 is 4.74 Å². The smallest absolute Gasteiger partial charge is 0.321 e. The molecule has 0 saturated carbocycles. The Morgan fingerprint density at radius 1 is 1.19 bits per heavy atom. The molecule has 0 amide bonds. The molecule has 1 aromatic carbocycles. The van der Waals surface area contributed by atoms with Crippen molar-refractivity contribution < 1.29 is 9.53 Å². The molecule has 2 aromatic rings. The molecule has 1 aromatic heterocycles. The molecular formula is C14H10Cl3NO2S. The number of carbonyl (C=O) groups excluding carboxylic acids is 1. The number of nitrogens with zero attached hydrogens (tertiary/aromatic N) is 1. The first-order chi connectivity index (χ1) is 10.1. The number of rotatable bonds is 5. The Hall–Kier alpha value is -0.940. The van der Waals surface area contributed by atoms with Gasteiger partial charge in [-0.05, 0) is 24.3 Å². The van der Waals surface area contributed by atoms with Crippen LogP contribution >= 0.6 is 46.6 Å². The lowest BCUT2D eigenvalue weighted by molar-refractivity contribution is -0.131. The van der Waals surface area contributed by atoms with E-state index in [1.165, 1.54) is 23.9 Å². The molecule has 0 aliphatic heterocycles. The van der Waals surface area contributed by atoms with Crippen molar-refractivity contribution >= 4 is 52.5 Å². The van der Waals surface area contributed by atoms with Crippen LogP contribution in [0.3, 0.4) is 0 Å². The molecule has 0 N–H and O–H groups in total. The van der Waals surface area contributed by atoms with E-state index in [1.54, 1.807) is 6.20 Å². The zero-order chi connectivity index (χ0) is 15.2. The number of ether oxygens (including phenoxy) is 1. The highest BCUT2D eigenvalue weighted by molar-refractivity contribution is 7.99. The molecule has 0 saturated heterocycles. The van der Waals surface area contributed by atoms with Crippen molar-refractivity contribution in [3.8, 4) is 5.75 Å². The number of pyridine rings is 1. The van der Waals surface area contributed by atoms with Crippen LogP contribution in [-0.4, -0.2) is 16.7 Å².